The van der Waals surface area contributed by atoms with E-state index in [9.17, 15) is 4.79 Å². The average Bonchev–Trinajstić information content (AvgIpc) is 1.88. The van der Waals surface area contributed by atoms with Gasteiger partial charge in [0.1, 0.15) is 13.2 Å². The van der Waals surface area contributed by atoms with Crippen molar-refractivity contribution in [2.75, 3.05) is 34.3 Å². The summed E-state index contributed by atoms with van der Waals surface area (Å²) in [5.74, 6) is -0.201. The summed E-state index contributed by atoms with van der Waals surface area (Å²) >= 11 is 0. The van der Waals surface area contributed by atoms with Crippen molar-refractivity contribution in [3.8, 4) is 0 Å². The lowest BCUT2D eigenvalue weighted by Gasteiger charge is -2.23. The van der Waals surface area contributed by atoms with Gasteiger partial charge in [0.05, 0.1) is 21.1 Å². The van der Waals surface area contributed by atoms with Gasteiger partial charge in [-0.2, -0.15) is 0 Å². The second kappa shape index (κ2) is 7.02. The van der Waals surface area contributed by atoms with Crippen LogP contribution in [0.5, 0.6) is 0 Å². The molecule has 0 bridgehead atoms. The van der Waals surface area contributed by atoms with Crippen molar-refractivity contribution in [3.05, 3.63) is 0 Å². The zero-order valence-electron chi connectivity index (χ0n) is 8.07. The predicted octanol–water partition coefficient (Wildman–Crippen LogP) is 0.273. The second-order valence-corrected chi connectivity index (χ2v) is 3.35. The molecule has 0 atom stereocenters. The Labute approximate surface area is 72.7 Å². The Hall–Kier alpha value is -0.650. The highest BCUT2D eigenvalue weighted by molar-refractivity contribution is 5.65. The van der Waals surface area contributed by atoms with Crippen LogP contribution in [0.1, 0.15) is 6.92 Å². The summed E-state index contributed by atoms with van der Waals surface area (Å²) in [6.07, 6.45) is 0. The molecule has 5 nitrogen and oxygen atoms in total. The van der Waals surface area contributed by atoms with Gasteiger partial charge < -0.3 is 9.22 Å². The van der Waals surface area contributed by atoms with Crippen molar-refractivity contribution < 1.29 is 24.5 Å². The number of quaternary nitrogens is 1. The van der Waals surface area contributed by atoms with Crippen molar-refractivity contribution in [1.82, 2.24) is 0 Å². The lowest BCUT2D eigenvalue weighted by molar-refractivity contribution is -0.870. The molecule has 0 aliphatic heterocycles. The standard InChI is InChI=1S/C7H16NO2.H2O2/c1-7(9)10-6-5-8(2,3)4;1-2/h5-6H2,1-4H3;1-2H/q+1;. The van der Waals surface area contributed by atoms with E-state index in [1.807, 2.05) is 0 Å². The first-order chi connectivity index (χ1) is 5.42. The normalized spacial score (nSPS) is 9.83. The fourth-order valence-corrected chi connectivity index (χ4v) is 0.463. The first kappa shape index (κ1) is 13.9. The molecule has 12 heavy (non-hydrogen) atoms. The molecule has 0 radical (unpaired) electrons. The van der Waals surface area contributed by atoms with Gasteiger partial charge in [-0.05, 0) is 0 Å². The topological polar surface area (TPSA) is 66.8 Å². The van der Waals surface area contributed by atoms with Gasteiger partial charge in [-0.3, -0.25) is 15.3 Å². The number of carbonyl (C=O) groups is 1. The minimum absolute atomic E-state index is 0.201. The molecule has 0 amide bonds. The zero-order chi connectivity index (χ0) is 10.2. The van der Waals surface area contributed by atoms with Crippen LogP contribution in [0.3, 0.4) is 0 Å². The molecule has 0 fully saturated rings. The van der Waals surface area contributed by atoms with E-state index in [1.54, 1.807) is 0 Å². The SMILES string of the molecule is CC(=O)OCC[N+](C)(C)C.OO. The van der Waals surface area contributed by atoms with Crippen molar-refractivity contribution >= 4 is 5.97 Å². The second-order valence-electron chi connectivity index (χ2n) is 3.35. The van der Waals surface area contributed by atoms with Crippen molar-refractivity contribution in [2.45, 2.75) is 6.92 Å². The molecule has 74 valence electrons. The number of nitrogens with zero attached hydrogens (tertiary/aromatic N) is 1. The third-order valence-corrected chi connectivity index (χ3v) is 1.07. The number of rotatable bonds is 3. The molecular formula is C7H18NO4+. The zero-order valence-corrected chi connectivity index (χ0v) is 8.07. The molecule has 2 N–H and O–H groups in total. The Kier molecular flexibility index (Phi) is 8.14. The summed E-state index contributed by atoms with van der Waals surface area (Å²) in [6.45, 7) is 2.80. The molecule has 0 heterocycles. The van der Waals surface area contributed by atoms with Crippen LogP contribution in [0.15, 0.2) is 0 Å². The monoisotopic (exact) mass is 180 g/mol. The number of ether oxygens (including phenoxy) is 1. The number of carbonyl (C=O) groups excluding carboxylic acids is 1. The van der Waals surface area contributed by atoms with Crippen LogP contribution < -0.4 is 0 Å². The molecule has 0 unspecified atom stereocenters. The summed E-state index contributed by atoms with van der Waals surface area (Å²) in [7, 11) is 6.18. The summed E-state index contributed by atoms with van der Waals surface area (Å²) in [6, 6.07) is 0. The van der Waals surface area contributed by atoms with Crippen LogP contribution in [0.25, 0.3) is 0 Å². The van der Waals surface area contributed by atoms with E-state index in [4.69, 9.17) is 15.3 Å². The fourth-order valence-electron chi connectivity index (χ4n) is 0.463. The Balaban J connectivity index is 0. The van der Waals surface area contributed by atoms with Crippen LogP contribution in [-0.2, 0) is 9.53 Å². The molecule has 0 rings (SSSR count). The molecular weight excluding hydrogens is 162 g/mol. The fraction of sp³-hybridized carbons (Fsp3) is 0.857. The van der Waals surface area contributed by atoms with Crippen LogP contribution >= 0.6 is 0 Å². The van der Waals surface area contributed by atoms with Gasteiger partial charge in [-0.15, -0.1) is 0 Å². The van der Waals surface area contributed by atoms with Crippen molar-refractivity contribution in [2.24, 2.45) is 0 Å². The van der Waals surface area contributed by atoms with Crippen LogP contribution in [-0.4, -0.2) is 55.3 Å². The minimum Gasteiger partial charge on any atom is -0.460 e. The summed E-state index contributed by atoms with van der Waals surface area (Å²) in [5.41, 5.74) is 0. The van der Waals surface area contributed by atoms with Crippen LogP contribution in [0.4, 0.5) is 0 Å². The van der Waals surface area contributed by atoms with Gasteiger partial charge in [-0.25, -0.2) is 0 Å². The minimum atomic E-state index is -0.201. The molecule has 0 spiro atoms. The van der Waals surface area contributed by atoms with Gasteiger partial charge in [0.2, 0.25) is 0 Å². The van der Waals surface area contributed by atoms with Crippen molar-refractivity contribution in [3.63, 3.8) is 0 Å². The maximum atomic E-state index is 10.3. The number of hydrogen-bond acceptors (Lipinski definition) is 4. The van der Waals surface area contributed by atoms with Crippen molar-refractivity contribution in [1.29, 1.82) is 0 Å². The summed E-state index contributed by atoms with van der Waals surface area (Å²) in [5, 5.41) is 12.0. The lowest BCUT2D eigenvalue weighted by Crippen LogP contribution is -2.37. The van der Waals surface area contributed by atoms with Gasteiger partial charge in [0, 0.05) is 6.92 Å². The molecule has 0 saturated carbocycles. The number of hydrogen-bond donors (Lipinski definition) is 2. The highest BCUT2D eigenvalue weighted by atomic mass is 17.0. The first-order valence-electron chi connectivity index (χ1n) is 3.55. The van der Waals surface area contributed by atoms with E-state index < -0.39 is 0 Å². The lowest BCUT2D eigenvalue weighted by atomic mass is 10.5. The number of likely N-dealkylation sites (N-methyl/N-ethyl adjacent to an activating group) is 1. The Morgan fingerprint density at radius 1 is 1.33 bits per heavy atom. The van der Waals surface area contributed by atoms with Gasteiger partial charge in [-0.1, -0.05) is 0 Å². The maximum Gasteiger partial charge on any atom is 0.302 e. The first-order valence-corrected chi connectivity index (χ1v) is 3.55. The van der Waals surface area contributed by atoms with E-state index >= 15 is 0 Å². The highest BCUT2D eigenvalue weighted by Gasteiger charge is 2.06. The van der Waals surface area contributed by atoms with E-state index in [0.29, 0.717) is 6.61 Å². The molecule has 0 aromatic carbocycles. The van der Waals surface area contributed by atoms with Crippen LogP contribution in [0, 0.1) is 0 Å². The van der Waals surface area contributed by atoms with Gasteiger partial charge in [0.15, 0.2) is 0 Å². The highest BCUT2D eigenvalue weighted by Crippen LogP contribution is 1.88. The molecule has 0 aliphatic rings. The van der Waals surface area contributed by atoms with E-state index in [1.165, 1.54) is 6.92 Å². The molecule has 0 aromatic rings. The van der Waals surface area contributed by atoms with Gasteiger partial charge >= 0.3 is 5.97 Å². The summed E-state index contributed by atoms with van der Waals surface area (Å²) < 4.78 is 5.59. The largest absolute Gasteiger partial charge is 0.460 e. The van der Waals surface area contributed by atoms with E-state index in [0.717, 1.165) is 11.0 Å². The quantitative estimate of drug-likeness (QED) is 0.283. The molecule has 0 saturated heterocycles. The summed E-state index contributed by atoms with van der Waals surface area (Å²) in [4.78, 5) is 10.3. The Morgan fingerprint density at radius 3 is 2.00 bits per heavy atom. The number of esters is 1. The van der Waals surface area contributed by atoms with E-state index in [2.05, 4.69) is 21.1 Å². The average molecular weight is 180 g/mol. The molecule has 5 heteroatoms. The third kappa shape index (κ3) is 16.2. The third-order valence-electron chi connectivity index (χ3n) is 1.07. The van der Waals surface area contributed by atoms with Gasteiger partial charge in [0.25, 0.3) is 0 Å². The molecule has 0 aliphatic carbocycles. The molecule has 0 aromatic heterocycles. The predicted molar refractivity (Wildman–Crippen MR) is 44.8 cm³/mol. The maximum absolute atomic E-state index is 10.3. The smallest absolute Gasteiger partial charge is 0.302 e. The Bertz CT molecular complexity index is 119. The van der Waals surface area contributed by atoms with E-state index in [-0.39, 0.29) is 5.97 Å². The van der Waals surface area contributed by atoms with Crippen LogP contribution in [0.2, 0.25) is 0 Å². The Morgan fingerprint density at radius 2 is 1.75 bits per heavy atom.